The summed E-state index contributed by atoms with van der Waals surface area (Å²) >= 11 is 12.4. The molecule has 0 saturated carbocycles. The molecule has 29 heavy (non-hydrogen) atoms. The van der Waals surface area contributed by atoms with E-state index in [-0.39, 0.29) is 5.91 Å². The Kier molecular flexibility index (Phi) is 4.85. The van der Waals surface area contributed by atoms with Crippen LogP contribution in [0, 0.1) is 11.3 Å². The molecule has 0 radical (unpaired) electrons. The van der Waals surface area contributed by atoms with Crippen molar-refractivity contribution in [2.45, 2.75) is 32.2 Å². The number of hydrogen-bond donors (Lipinski definition) is 0. The number of carbonyl (C=O) groups is 1. The molecule has 0 fully saturated rings. The van der Waals surface area contributed by atoms with E-state index in [1.54, 1.807) is 41.4 Å². The highest BCUT2D eigenvalue weighted by molar-refractivity contribution is 6.35. The van der Waals surface area contributed by atoms with Crippen LogP contribution in [-0.4, -0.2) is 15.5 Å². The molecule has 7 heteroatoms. The van der Waals surface area contributed by atoms with Crippen LogP contribution in [0.3, 0.4) is 0 Å². The van der Waals surface area contributed by atoms with Gasteiger partial charge in [-0.05, 0) is 49.2 Å². The van der Waals surface area contributed by atoms with Gasteiger partial charge in [0.25, 0.3) is 5.91 Å². The zero-order valence-electron chi connectivity index (χ0n) is 16.0. The van der Waals surface area contributed by atoms with E-state index >= 15 is 0 Å². The van der Waals surface area contributed by atoms with Crippen LogP contribution in [0.5, 0.6) is 0 Å². The highest BCUT2D eigenvalue weighted by atomic mass is 35.5. The molecule has 1 aliphatic heterocycles. The Balaban J connectivity index is 1.83. The molecule has 0 N–H and O–H groups in total. The Labute approximate surface area is 179 Å². The molecule has 0 spiro atoms. The molecule has 5 nitrogen and oxygen atoms in total. The predicted octanol–water partition coefficient (Wildman–Crippen LogP) is 5.26. The number of amides is 1. The highest BCUT2D eigenvalue weighted by Gasteiger charge is 2.49. The summed E-state index contributed by atoms with van der Waals surface area (Å²) in [5.41, 5.74) is 2.25. The van der Waals surface area contributed by atoms with Gasteiger partial charge in [-0.2, -0.15) is 5.26 Å². The van der Waals surface area contributed by atoms with Gasteiger partial charge in [0.1, 0.15) is 5.54 Å². The molecular formula is C22H18Cl2N4O. The molecule has 2 aromatic carbocycles. The second kappa shape index (κ2) is 7.22. The van der Waals surface area contributed by atoms with E-state index in [4.69, 9.17) is 28.5 Å². The largest absolute Gasteiger partial charge is 0.299 e. The summed E-state index contributed by atoms with van der Waals surface area (Å²) < 4.78 is 2.00. The molecule has 2 heterocycles. The third-order valence-corrected chi connectivity index (χ3v) is 5.71. The zero-order valence-corrected chi connectivity index (χ0v) is 17.5. The van der Waals surface area contributed by atoms with Gasteiger partial charge in [0, 0.05) is 22.2 Å². The van der Waals surface area contributed by atoms with E-state index in [0.717, 1.165) is 17.7 Å². The Morgan fingerprint density at radius 3 is 2.38 bits per heavy atom. The SMILES string of the molecule is CCc1cnc2n1C(C)(Cc1ccc(C#N)cc1)C(=O)N2c1cc(Cl)cc(Cl)c1. The molecule has 146 valence electrons. The van der Waals surface area contributed by atoms with Gasteiger partial charge in [0.15, 0.2) is 0 Å². The first kappa shape index (κ1) is 19.5. The van der Waals surface area contributed by atoms with Gasteiger partial charge in [-0.1, -0.05) is 42.3 Å². The Morgan fingerprint density at radius 1 is 1.14 bits per heavy atom. The van der Waals surface area contributed by atoms with Crippen LogP contribution in [-0.2, 0) is 23.2 Å². The second-order valence-electron chi connectivity index (χ2n) is 7.27. The number of halogens is 2. The molecule has 1 unspecified atom stereocenters. The maximum Gasteiger partial charge on any atom is 0.260 e. The van der Waals surface area contributed by atoms with Crippen LogP contribution < -0.4 is 4.90 Å². The van der Waals surface area contributed by atoms with Crippen LogP contribution in [0.4, 0.5) is 11.6 Å². The molecule has 1 amide bonds. The molecule has 1 aliphatic rings. The van der Waals surface area contributed by atoms with Crippen molar-refractivity contribution in [2.75, 3.05) is 4.90 Å². The van der Waals surface area contributed by atoms with Gasteiger partial charge in [-0.3, -0.25) is 9.36 Å². The van der Waals surface area contributed by atoms with Crippen molar-refractivity contribution in [3.05, 3.63) is 75.5 Å². The minimum Gasteiger partial charge on any atom is -0.299 e. The first-order valence-corrected chi connectivity index (χ1v) is 9.99. The second-order valence-corrected chi connectivity index (χ2v) is 8.14. The van der Waals surface area contributed by atoms with Crippen molar-refractivity contribution in [1.82, 2.24) is 9.55 Å². The van der Waals surface area contributed by atoms with E-state index in [1.807, 2.05) is 30.5 Å². The lowest BCUT2D eigenvalue weighted by atomic mass is 9.91. The summed E-state index contributed by atoms with van der Waals surface area (Å²) in [7, 11) is 0. The van der Waals surface area contributed by atoms with Crippen LogP contribution in [0.2, 0.25) is 10.0 Å². The summed E-state index contributed by atoms with van der Waals surface area (Å²) in [5.74, 6) is 0.458. The quantitative estimate of drug-likeness (QED) is 0.573. The van der Waals surface area contributed by atoms with E-state index in [2.05, 4.69) is 11.1 Å². The third kappa shape index (κ3) is 3.19. The molecule has 1 atom stereocenters. The lowest BCUT2D eigenvalue weighted by molar-refractivity contribution is -0.124. The fourth-order valence-corrected chi connectivity index (χ4v) is 4.41. The number of carbonyl (C=O) groups excluding carboxylic acids is 1. The Morgan fingerprint density at radius 2 is 1.79 bits per heavy atom. The summed E-state index contributed by atoms with van der Waals surface area (Å²) in [5, 5.41) is 9.94. The van der Waals surface area contributed by atoms with Crippen molar-refractivity contribution in [3.8, 4) is 6.07 Å². The zero-order chi connectivity index (χ0) is 20.8. The van der Waals surface area contributed by atoms with Gasteiger partial charge in [-0.25, -0.2) is 9.88 Å². The average molecular weight is 425 g/mol. The molecule has 1 aromatic heterocycles. The molecule has 0 aliphatic carbocycles. The summed E-state index contributed by atoms with van der Waals surface area (Å²) in [6.45, 7) is 3.96. The standard InChI is InChI=1S/C22H18Cl2N4O/c1-3-18-13-26-21-27(19-9-16(23)8-17(24)10-19)20(29)22(2,28(18)21)11-14-4-6-15(12-25)7-5-14/h4-10,13H,3,11H2,1-2H3. The van der Waals surface area contributed by atoms with Crippen molar-refractivity contribution in [1.29, 1.82) is 5.26 Å². The Bertz CT molecular complexity index is 1130. The van der Waals surface area contributed by atoms with Gasteiger partial charge < -0.3 is 0 Å². The first-order valence-electron chi connectivity index (χ1n) is 9.24. The molecule has 3 aromatic rings. The number of benzene rings is 2. The van der Waals surface area contributed by atoms with E-state index in [9.17, 15) is 4.79 Å². The van der Waals surface area contributed by atoms with Crippen molar-refractivity contribution in [2.24, 2.45) is 0 Å². The number of aryl methyl sites for hydroxylation is 1. The lowest BCUT2D eigenvalue weighted by Gasteiger charge is -2.26. The van der Waals surface area contributed by atoms with Crippen molar-refractivity contribution < 1.29 is 4.79 Å². The topological polar surface area (TPSA) is 61.9 Å². The maximum absolute atomic E-state index is 13.7. The number of nitrogens with zero attached hydrogens (tertiary/aromatic N) is 4. The molecule has 4 rings (SSSR count). The molecule has 0 bridgehead atoms. The van der Waals surface area contributed by atoms with E-state index in [0.29, 0.717) is 33.7 Å². The summed E-state index contributed by atoms with van der Waals surface area (Å²) in [6, 6.07) is 14.5. The van der Waals surface area contributed by atoms with Crippen molar-refractivity contribution in [3.63, 3.8) is 0 Å². The molecule has 0 saturated heterocycles. The minimum absolute atomic E-state index is 0.0991. The Hall–Kier alpha value is -2.81. The third-order valence-electron chi connectivity index (χ3n) is 5.27. The number of hydrogen-bond acceptors (Lipinski definition) is 3. The molecular weight excluding hydrogens is 407 g/mol. The number of aromatic nitrogens is 2. The van der Waals surface area contributed by atoms with Crippen LogP contribution >= 0.6 is 23.2 Å². The summed E-state index contributed by atoms with van der Waals surface area (Å²) in [4.78, 5) is 19.8. The monoisotopic (exact) mass is 424 g/mol. The fourth-order valence-electron chi connectivity index (χ4n) is 3.90. The predicted molar refractivity (Wildman–Crippen MR) is 114 cm³/mol. The normalized spacial score (nSPS) is 18.0. The smallest absolute Gasteiger partial charge is 0.260 e. The van der Waals surface area contributed by atoms with Crippen LogP contribution in [0.25, 0.3) is 0 Å². The minimum atomic E-state index is -0.861. The summed E-state index contributed by atoms with van der Waals surface area (Å²) in [6.07, 6.45) is 3.02. The van der Waals surface area contributed by atoms with Gasteiger partial charge in [-0.15, -0.1) is 0 Å². The number of anilines is 2. The average Bonchev–Trinajstić information content (AvgIpc) is 3.20. The number of rotatable bonds is 4. The maximum atomic E-state index is 13.7. The van der Waals surface area contributed by atoms with E-state index in [1.165, 1.54) is 0 Å². The van der Waals surface area contributed by atoms with Crippen LogP contribution in [0.15, 0.2) is 48.7 Å². The lowest BCUT2D eigenvalue weighted by Crippen LogP contribution is -2.41. The fraction of sp³-hybridized carbons (Fsp3) is 0.227. The number of imidazole rings is 1. The number of fused-ring (bicyclic) bond motifs is 1. The van der Waals surface area contributed by atoms with Crippen LogP contribution in [0.1, 0.15) is 30.7 Å². The first-order chi connectivity index (χ1) is 13.9. The van der Waals surface area contributed by atoms with Gasteiger partial charge in [0.05, 0.1) is 23.5 Å². The number of nitriles is 1. The highest BCUT2D eigenvalue weighted by Crippen LogP contribution is 2.43. The van der Waals surface area contributed by atoms with E-state index < -0.39 is 5.54 Å². The van der Waals surface area contributed by atoms with Crippen molar-refractivity contribution >= 4 is 40.7 Å². The van der Waals surface area contributed by atoms with Gasteiger partial charge >= 0.3 is 0 Å². The van der Waals surface area contributed by atoms with Gasteiger partial charge in [0.2, 0.25) is 5.95 Å².